The van der Waals surface area contributed by atoms with Gasteiger partial charge in [0.2, 0.25) is 5.91 Å². The highest BCUT2D eigenvalue weighted by Gasteiger charge is 2.35. The molecule has 1 amide bonds. The third kappa shape index (κ3) is 6.21. The van der Waals surface area contributed by atoms with E-state index < -0.39 is 5.54 Å². The van der Waals surface area contributed by atoms with Crippen LogP contribution in [0.3, 0.4) is 0 Å². The van der Waals surface area contributed by atoms with E-state index >= 15 is 0 Å². The van der Waals surface area contributed by atoms with Crippen molar-refractivity contribution >= 4 is 35.8 Å². The maximum Gasteiger partial charge on any atom is 0.237 e. The van der Waals surface area contributed by atoms with E-state index in [1.54, 1.807) is 0 Å². The Kier molecular flexibility index (Phi) is 9.56. The van der Waals surface area contributed by atoms with Gasteiger partial charge in [-0.05, 0) is 27.8 Å². The molecule has 1 unspecified atom stereocenters. The van der Waals surface area contributed by atoms with E-state index in [-0.39, 0.29) is 36.0 Å². The van der Waals surface area contributed by atoms with Gasteiger partial charge in [0.1, 0.15) is 0 Å². The molecule has 0 radical (unpaired) electrons. The lowest BCUT2D eigenvalue weighted by Gasteiger charge is -2.43. The van der Waals surface area contributed by atoms with Gasteiger partial charge in [-0.1, -0.05) is 0 Å². The van der Waals surface area contributed by atoms with Crippen molar-refractivity contribution in [2.24, 2.45) is 10.7 Å². The van der Waals surface area contributed by atoms with E-state index in [1.165, 1.54) is 0 Å². The first kappa shape index (κ1) is 23.4. The zero-order valence-corrected chi connectivity index (χ0v) is 18.9. The van der Waals surface area contributed by atoms with Crippen molar-refractivity contribution in [3.8, 4) is 0 Å². The molecule has 0 aromatic carbocycles. The summed E-state index contributed by atoms with van der Waals surface area (Å²) in [6.45, 7) is 13.3. The molecule has 0 spiro atoms. The van der Waals surface area contributed by atoms with Gasteiger partial charge in [0, 0.05) is 45.8 Å². The van der Waals surface area contributed by atoms with Crippen LogP contribution in [0.15, 0.2) is 4.99 Å². The summed E-state index contributed by atoms with van der Waals surface area (Å²) in [4.78, 5) is 23.1. The molecule has 2 rings (SSSR count). The average molecular weight is 482 g/mol. The van der Waals surface area contributed by atoms with Gasteiger partial charge in [0.25, 0.3) is 0 Å². The Morgan fingerprint density at radius 2 is 1.92 bits per heavy atom. The minimum absolute atomic E-state index is 0. The quantitative estimate of drug-likeness (QED) is 0.320. The highest BCUT2D eigenvalue weighted by atomic mass is 127. The highest BCUT2D eigenvalue weighted by Crippen LogP contribution is 2.16. The fourth-order valence-electron chi connectivity index (χ4n) is 3.22. The summed E-state index contributed by atoms with van der Waals surface area (Å²) in [7, 11) is 2.12. The number of carbonyl (C=O) groups excluding carboxylic acids is 1. The van der Waals surface area contributed by atoms with Crippen LogP contribution >= 0.6 is 24.0 Å². The summed E-state index contributed by atoms with van der Waals surface area (Å²) < 4.78 is 5.80. The lowest BCUT2D eigenvalue weighted by Crippen LogP contribution is -2.61. The van der Waals surface area contributed by atoms with Crippen LogP contribution in [0.2, 0.25) is 0 Å². The summed E-state index contributed by atoms with van der Waals surface area (Å²) in [6, 6.07) is 0. The molecule has 0 saturated carbocycles. The zero-order chi connectivity index (χ0) is 18.4. The van der Waals surface area contributed by atoms with Gasteiger partial charge in [-0.15, -0.1) is 24.0 Å². The van der Waals surface area contributed by atoms with Crippen LogP contribution in [-0.4, -0.2) is 104 Å². The summed E-state index contributed by atoms with van der Waals surface area (Å²) in [5, 5.41) is 3.38. The van der Waals surface area contributed by atoms with Crippen LogP contribution in [0.25, 0.3) is 0 Å². The topological polar surface area (TPSA) is 86.4 Å². The number of carbonyl (C=O) groups is 1. The number of hydrogen-bond donors (Lipinski definition) is 2. The van der Waals surface area contributed by atoms with Crippen molar-refractivity contribution in [2.75, 3.05) is 66.0 Å². The number of hydrogen-bond acceptors (Lipinski definition) is 5. The molecular formula is C17H35IN6O2. The van der Waals surface area contributed by atoms with Crippen molar-refractivity contribution in [3.63, 3.8) is 0 Å². The third-order valence-corrected chi connectivity index (χ3v) is 5.09. The first-order chi connectivity index (χ1) is 11.8. The molecule has 0 bridgehead atoms. The molecule has 2 aliphatic rings. The number of primary amides is 1. The number of halogens is 1. The van der Waals surface area contributed by atoms with Gasteiger partial charge in [0.05, 0.1) is 24.8 Å². The van der Waals surface area contributed by atoms with Gasteiger partial charge in [-0.25, -0.2) is 0 Å². The normalized spacial score (nSPS) is 23.5. The molecule has 26 heavy (non-hydrogen) atoms. The molecular weight excluding hydrogens is 447 g/mol. The molecule has 2 fully saturated rings. The number of rotatable bonds is 5. The molecule has 0 aromatic rings. The summed E-state index contributed by atoms with van der Waals surface area (Å²) in [5.74, 6) is 0.649. The molecule has 0 aliphatic carbocycles. The Balaban J connectivity index is 0.00000338. The van der Waals surface area contributed by atoms with Gasteiger partial charge in [0.15, 0.2) is 5.96 Å². The highest BCUT2D eigenvalue weighted by molar-refractivity contribution is 14.0. The fourth-order valence-corrected chi connectivity index (χ4v) is 3.22. The number of aliphatic imine (C=N–C) groups is 1. The molecule has 3 N–H and O–H groups in total. The van der Waals surface area contributed by atoms with Crippen molar-refractivity contribution in [2.45, 2.75) is 32.4 Å². The van der Waals surface area contributed by atoms with Crippen LogP contribution in [0.1, 0.15) is 20.8 Å². The van der Waals surface area contributed by atoms with E-state index in [4.69, 9.17) is 15.5 Å². The van der Waals surface area contributed by atoms with Crippen molar-refractivity contribution in [1.82, 2.24) is 20.0 Å². The van der Waals surface area contributed by atoms with Gasteiger partial charge >= 0.3 is 0 Å². The van der Waals surface area contributed by atoms with Gasteiger partial charge < -0.3 is 25.6 Å². The molecule has 2 aliphatic heterocycles. The van der Waals surface area contributed by atoms with Crippen molar-refractivity contribution in [3.05, 3.63) is 0 Å². The van der Waals surface area contributed by atoms with E-state index in [0.717, 1.165) is 58.4 Å². The van der Waals surface area contributed by atoms with Crippen LogP contribution in [0.5, 0.6) is 0 Å². The van der Waals surface area contributed by atoms with Crippen molar-refractivity contribution < 1.29 is 9.53 Å². The van der Waals surface area contributed by atoms with Crippen LogP contribution in [-0.2, 0) is 9.53 Å². The van der Waals surface area contributed by atoms with E-state index in [0.29, 0.717) is 6.54 Å². The number of nitrogens with two attached hydrogens (primary N) is 1. The minimum Gasteiger partial charge on any atom is -0.374 e. The number of morpholine rings is 1. The zero-order valence-electron chi connectivity index (χ0n) is 16.5. The molecule has 9 heteroatoms. The fraction of sp³-hybridized carbons (Fsp3) is 0.882. The third-order valence-electron chi connectivity index (χ3n) is 5.09. The Hall–Kier alpha value is -0.650. The van der Waals surface area contributed by atoms with Crippen LogP contribution in [0.4, 0.5) is 0 Å². The average Bonchev–Trinajstić information content (AvgIpc) is 2.58. The molecule has 1 atom stereocenters. The summed E-state index contributed by atoms with van der Waals surface area (Å²) >= 11 is 0. The Morgan fingerprint density at radius 1 is 1.27 bits per heavy atom. The van der Waals surface area contributed by atoms with Crippen LogP contribution in [0, 0.1) is 0 Å². The summed E-state index contributed by atoms with van der Waals surface area (Å²) in [6.07, 6.45) is 0.155. The molecule has 0 aromatic heterocycles. The second-order valence-electron chi connectivity index (χ2n) is 7.35. The standard InChI is InChI=1S/C17H34N6O2.HI/c1-5-19-16(20-12-14-13-21(4)10-11-25-14)22-6-8-23(9-7-22)17(2,3)15(18)24;/h14H,5-13H2,1-4H3,(H2,18,24)(H,19,20);1H. The summed E-state index contributed by atoms with van der Waals surface area (Å²) in [5.41, 5.74) is 4.93. The monoisotopic (exact) mass is 482 g/mol. The lowest BCUT2D eigenvalue weighted by atomic mass is 10.0. The number of guanidine groups is 1. The largest absolute Gasteiger partial charge is 0.374 e. The SMILES string of the molecule is CCNC(=NCC1CN(C)CCO1)N1CCN(C(C)(C)C(N)=O)CC1.I. The number of piperazine rings is 1. The second-order valence-corrected chi connectivity index (χ2v) is 7.35. The number of amides is 1. The molecule has 2 saturated heterocycles. The number of likely N-dealkylation sites (N-methyl/N-ethyl adjacent to an activating group) is 1. The molecule has 2 heterocycles. The minimum atomic E-state index is -0.609. The lowest BCUT2D eigenvalue weighted by molar-refractivity contribution is -0.129. The Labute approximate surface area is 174 Å². The maximum atomic E-state index is 11.7. The predicted octanol–water partition coefficient (Wildman–Crippen LogP) is -0.218. The van der Waals surface area contributed by atoms with Crippen molar-refractivity contribution in [1.29, 1.82) is 0 Å². The first-order valence-corrected chi connectivity index (χ1v) is 9.23. The Bertz CT molecular complexity index is 480. The number of ether oxygens (including phenoxy) is 1. The van der Waals surface area contributed by atoms with E-state index in [9.17, 15) is 4.79 Å². The number of nitrogens with one attached hydrogen (secondary N) is 1. The molecule has 8 nitrogen and oxygen atoms in total. The van der Waals surface area contributed by atoms with Crippen LogP contribution < -0.4 is 11.1 Å². The second kappa shape index (κ2) is 10.6. The Morgan fingerprint density at radius 3 is 2.46 bits per heavy atom. The maximum absolute atomic E-state index is 11.7. The van der Waals surface area contributed by atoms with Gasteiger partial charge in [-0.2, -0.15) is 0 Å². The number of nitrogens with zero attached hydrogens (tertiary/aromatic N) is 4. The van der Waals surface area contributed by atoms with Gasteiger partial charge in [-0.3, -0.25) is 14.7 Å². The smallest absolute Gasteiger partial charge is 0.237 e. The van der Waals surface area contributed by atoms with E-state index in [2.05, 4.69) is 34.0 Å². The molecule has 152 valence electrons. The predicted molar refractivity (Wildman–Crippen MR) is 115 cm³/mol. The van der Waals surface area contributed by atoms with E-state index in [1.807, 2.05) is 13.8 Å². The first-order valence-electron chi connectivity index (χ1n) is 9.23.